The van der Waals surface area contributed by atoms with Crippen LogP contribution in [0.5, 0.6) is 5.75 Å². The number of thiocarbonyl (C=S) groups is 1. The smallest absolute Gasteiger partial charge is 0.299 e. The van der Waals surface area contributed by atoms with Gasteiger partial charge in [0.15, 0.2) is 5.69 Å². The molecule has 0 aliphatic carbocycles. The Labute approximate surface area is 203 Å². The number of aromatic nitrogens is 2. The molecule has 1 aromatic heterocycles. The van der Waals surface area contributed by atoms with E-state index in [1.54, 1.807) is 25.6 Å². The van der Waals surface area contributed by atoms with Gasteiger partial charge >= 0.3 is 0 Å². The number of hydrogen-bond donors (Lipinski definition) is 1. The van der Waals surface area contributed by atoms with Gasteiger partial charge in [-0.3, -0.25) is 9.48 Å². The van der Waals surface area contributed by atoms with Crippen LogP contribution in [0.3, 0.4) is 0 Å². The summed E-state index contributed by atoms with van der Waals surface area (Å²) >= 11 is 9.76. The van der Waals surface area contributed by atoms with Crippen molar-refractivity contribution < 1.29 is 37.1 Å². The number of isothiocyanates is 1. The van der Waals surface area contributed by atoms with Crippen LogP contribution < -0.4 is 5.56 Å². The molecule has 0 aliphatic heterocycles. The number of phenols is 1. The zero-order valence-electron chi connectivity index (χ0n) is 16.6. The molecule has 0 aliphatic rings. The molecule has 3 rings (SSSR count). The molecule has 31 heavy (non-hydrogen) atoms. The number of hydrogen-bond acceptors (Lipinski definition) is 5. The maximum absolute atomic E-state index is 12.7. The van der Waals surface area contributed by atoms with Crippen LogP contribution >= 0.6 is 23.8 Å². The van der Waals surface area contributed by atoms with Crippen LogP contribution in [0.4, 0.5) is 11.4 Å². The molecule has 0 atom stereocenters. The third-order valence-electron chi connectivity index (χ3n) is 4.04. The third-order valence-corrected chi connectivity index (χ3v) is 4.44. The molecule has 9 nitrogen and oxygen atoms in total. The van der Waals surface area contributed by atoms with Crippen molar-refractivity contribution in [2.75, 3.05) is 0 Å². The SMILES string of the molecule is Cc1cc(O)c(N=Nc2c(C)n(C)n(-c3ccccc3)c2=O)cc1Cl.[Mo].[N-]=C=S.[O-2].[O-2]. The number of halogens is 1. The average molecular weight is 543 g/mol. The van der Waals surface area contributed by atoms with Crippen molar-refractivity contribution >= 4 is 40.4 Å². The first-order chi connectivity index (χ1) is 13.3. The predicted molar refractivity (Wildman–Crippen MR) is 115 cm³/mol. The van der Waals surface area contributed by atoms with E-state index in [1.165, 1.54) is 22.0 Å². The first kappa shape index (κ1) is 30.7. The molecule has 166 valence electrons. The number of aromatic hydroxyl groups is 1. The third kappa shape index (κ3) is 7.04. The molecule has 0 bridgehead atoms. The van der Waals surface area contributed by atoms with Crippen LogP contribution in [0.2, 0.25) is 5.02 Å². The first-order valence-corrected chi connectivity index (χ1v) is 8.86. The van der Waals surface area contributed by atoms with E-state index in [1.807, 2.05) is 30.3 Å². The van der Waals surface area contributed by atoms with Crippen LogP contribution in [-0.4, -0.2) is 19.6 Å². The number of nitrogens with zero attached hydrogens (tertiary/aromatic N) is 5. The summed E-state index contributed by atoms with van der Waals surface area (Å²) in [6.07, 6.45) is 0. The van der Waals surface area contributed by atoms with Crippen molar-refractivity contribution in [1.29, 1.82) is 0 Å². The fourth-order valence-corrected chi connectivity index (χ4v) is 2.67. The molecular weight excluding hydrogens is 526 g/mol. The average Bonchev–Trinajstić information content (AvgIpc) is 2.87. The molecule has 1 N–H and O–H groups in total. The second kappa shape index (κ2) is 13.8. The number of phenolic OH excluding ortho intramolecular Hbond substituents is 1. The Balaban J connectivity index is 0. The number of rotatable bonds is 3. The Morgan fingerprint density at radius 2 is 1.68 bits per heavy atom. The molecule has 0 spiro atoms. The van der Waals surface area contributed by atoms with Crippen LogP contribution in [0.25, 0.3) is 11.1 Å². The second-order valence-corrected chi connectivity index (χ2v) is 6.38. The Hall–Kier alpha value is -2.45. The van der Waals surface area contributed by atoms with Gasteiger partial charge in [-0.1, -0.05) is 42.0 Å². The number of para-hydroxylation sites is 1. The summed E-state index contributed by atoms with van der Waals surface area (Å²) in [7, 11) is 1.78. The zero-order chi connectivity index (χ0) is 20.8. The van der Waals surface area contributed by atoms with Crippen molar-refractivity contribution in [3.05, 3.63) is 74.5 Å². The van der Waals surface area contributed by atoms with Gasteiger partial charge in [0.1, 0.15) is 11.4 Å². The molecule has 0 saturated carbocycles. The quantitative estimate of drug-likeness (QED) is 0.215. The number of azo groups is 1. The van der Waals surface area contributed by atoms with Crippen LogP contribution in [0, 0.1) is 13.8 Å². The standard InChI is InChI=1S/C18H17ClN4O2.CNS.Mo.2O/c1-11-9-16(24)15(10-14(11)19)20-21-17-12(2)22(3)23(18(17)25)13-7-5-4-6-8-13;2-1-3;;;/h4-10,24H,1-3H3;;;;/q;-1;;2*-2. The van der Waals surface area contributed by atoms with E-state index < -0.39 is 0 Å². The number of benzene rings is 2. The Bertz CT molecular complexity index is 1130. The molecule has 1 heterocycles. The summed E-state index contributed by atoms with van der Waals surface area (Å²) in [4.78, 5) is 12.7. The van der Waals surface area contributed by atoms with E-state index in [-0.39, 0.29) is 54.7 Å². The van der Waals surface area contributed by atoms with Gasteiger partial charge in [0, 0.05) is 33.1 Å². The van der Waals surface area contributed by atoms with Crippen LogP contribution in [-0.2, 0) is 39.1 Å². The van der Waals surface area contributed by atoms with E-state index in [4.69, 9.17) is 17.0 Å². The van der Waals surface area contributed by atoms with Gasteiger partial charge in [0.25, 0.3) is 5.56 Å². The zero-order valence-corrected chi connectivity index (χ0v) is 20.2. The monoisotopic (exact) mass is 544 g/mol. The largest absolute Gasteiger partial charge is 2.00 e. The molecule has 0 fully saturated rings. The van der Waals surface area contributed by atoms with Gasteiger partial charge in [0.05, 0.1) is 11.4 Å². The minimum absolute atomic E-state index is 0. The van der Waals surface area contributed by atoms with Crippen LogP contribution in [0.15, 0.2) is 57.5 Å². The maximum Gasteiger partial charge on any atom is 0.299 e. The maximum atomic E-state index is 12.7. The van der Waals surface area contributed by atoms with Gasteiger partial charge in [-0.05, 0) is 43.7 Å². The summed E-state index contributed by atoms with van der Waals surface area (Å²) < 4.78 is 3.24. The topological polar surface area (TPSA) is 151 Å². The van der Waals surface area contributed by atoms with Gasteiger partial charge in [0.2, 0.25) is 0 Å². The van der Waals surface area contributed by atoms with Crippen molar-refractivity contribution in [2.45, 2.75) is 13.8 Å². The first-order valence-electron chi connectivity index (χ1n) is 8.08. The molecule has 0 amide bonds. The normalized spacial score (nSPS) is 9.42. The van der Waals surface area contributed by atoms with Gasteiger partial charge in [-0.15, -0.1) is 10.2 Å². The second-order valence-electron chi connectivity index (χ2n) is 5.79. The molecule has 12 heteroatoms. The summed E-state index contributed by atoms with van der Waals surface area (Å²) in [6, 6.07) is 12.3. The minimum atomic E-state index is -0.285. The van der Waals surface area contributed by atoms with E-state index >= 15 is 0 Å². The fourth-order valence-electron chi connectivity index (χ4n) is 2.51. The predicted octanol–water partition coefficient (Wildman–Crippen LogP) is 4.99. The molecule has 3 aromatic rings. The van der Waals surface area contributed by atoms with Crippen molar-refractivity contribution in [3.8, 4) is 11.4 Å². The van der Waals surface area contributed by atoms with E-state index in [0.717, 1.165) is 11.3 Å². The van der Waals surface area contributed by atoms with Gasteiger partial charge in [-0.2, -0.15) is 5.16 Å². The van der Waals surface area contributed by atoms with Crippen molar-refractivity contribution in [1.82, 2.24) is 9.36 Å². The van der Waals surface area contributed by atoms with Crippen molar-refractivity contribution in [3.63, 3.8) is 0 Å². The molecule has 0 unspecified atom stereocenters. The van der Waals surface area contributed by atoms with Crippen LogP contribution in [0.1, 0.15) is 11.3 Å². The minimum Gasteiger partial charge on any atom is -2.00 e. The van der Waals surface area contributed by atoms with E-state index in [9.17, 15) is 9.90 Å². The van der Waals surface area contributed by atoms with E-state index in [0.29, 0.717) is 10.7 Å². The van der Waals surface area contributed by atoms with Gasteiger partial charge < -0.3 is 21.5 Å². The molecule has 2 aromatic carbocycles. The summed E-state index contributed by atoms with van der Waals surface area (Å²) in [5, 5.41) is 27.0. The Kier molecular flexibility index (Phi) is 13.7. The summed E-state index contributed by atoms with van der Waals surface area (Å²) in [6.45, 7) is 3.57. The number of aryl methyl sites for hydroxylation is 1. The Morgan fingerprint density at radius 3 is 2.23 bits per heavy atom. The molecular formula is C19H17ClMoN5O4S-5. The summed E-state index contributed by atoms with van der Waals surface area (Å²) in [5.41, 5.74) is 2.27. The Morgan fingerprint density at radius 1 is 1.13 bits per heavy atom. The molecule has 0 saturated heterocycles. The summed E-state index contributed by atoms with van der Waals surface area (Å²) in [5.74, 6) is -0.0392. The van der Waals surface area contributed by atoms with E-state index in [2.05, 4.69) is 22.4 Å². The van der Waals surface area contributed by atoms with Crippen molar-refractivity contribution in [2.24, 2.45) is 17.3 Å². The van der Waals surface area contributed by atoms with Gasteiger partial charge in [-0.25, -0.2) is 4.68 Å². The fraction of sp³-hybridized carbons (Fsp3) is 0.158. The molecule has 0 radical (unpaired) electrons.